The summed E-state index contributed by atoms with van der Waals surface area (Å²) in [6.07, 6.45) is 2.12. The summed E-state index contributed by atoms with van der Waals surface area (Å²) in [5.41, 5.74) is 7.78. The van der Waals surface area contributed by atoms with Crippen molar-refractivity contribution in [3.8, 4) is 0 Å². The molecule has 1 aliphatic rings. The highest BCUT2D eigenvalue weighted by atomic mass is 16.6. The first-order valence-electron chi connectivity index (χ1n) is 6.25. The molecule has 1 saturated heterocycles. The minimum atomic E-state index is -0.434. The second kappa shape index (κ2) is 6.61. The van der Waals surface area contributed by atoms with Crippen molar-refractivity contribution in [1.82, 2.24) is 0 Å². The third-order valence-electron chi connectivity index (χ3n) is 2.69. The van der Waals surface area contributed by atoms with Gasteiger partial charge in [-0.2, -0.15) is 0 Å². The van der Waals surface area contributed by atoms with E-state index in [0.29, 0.717) is 19.6 Å². The van der Waals surface area contributed by atoms with Gasteiger partial charge in [0.25, 0.3) is 0 Å². The fourth-order valence-electron chi connectivity index (χ4n) is 1.91. The lowest BCUT2D eigenvalue weighted by Gasteiger charge is -2.28. The predicted molar refractivity (Wildman–Crippen MR) is 66.9 cm³/mol. The van der Waals surface area contributed by atoms with E-state index >= 15 is 0 Å². The second-order valence-electron chi connectivity index (χ2n) is 5.60. The van der Waals surface area contributed by atoms with Crippen LogP contribution < -0.4 is 0 Å². The van der Waals surface area contributed by atoms with Crippen LogP contribution in [0.5, 0.6) is 0 Å². The molecule has 0 saturated carbocycles. The van der Waals surface area contributed by atoms with E-state index in [9.17, 15) is 4.79 Å². The van der Waals surface area contributed by atoms with Crippen LogP contribution in [-0.2, 0) is 14.3 Å². The van der Waals surface area contributed by atoms with E-state index in [1.807, 2.05) is 20.8 Å². The molecule has 1 rings (SSSR count). The smallest absolute Gasteiger partial charge is 0.306 e. The Labute approximate surface area is 107 Å². The summed E-state index contributed by atoms with van der Waals surface area (Å²) in [4.78, 5) is 14.3. The van der Waals surface area contributed by atoms with Crippen LogP contribution in [0.1, 0.15) is 40.0 Å². The monoisotopic (exact) mass is 255 g/mol. The average Bonchev–Trinajstić information content (AvgIpc) is 2.25. The van der Waals surface area contributed by atoms with Gasteiger partial charge in [-0.25, -0.2) is 0 Å². The number of carbonyl (C=O) groups is 1. The van der Waals surface area contributed by atoms with Crippen LogP contribution in [0.4, 0.5) is 0 Å². The molecule has 0 aromatic rings. The van der Waals surface area contributed by atoms with E-state index in [1.165, 1.54) is 0 Å². The average molecular weight is 255 g/mol. The van der Waals surface area contributed by atoms with Gasteiger partial charge < -0.3 is 9.47 Å². The van der Waals surface area contributed by atoms with Gasteiger partial charge in [0.1, 0.15) is 5.60 Å². The van der Waals surface area contributed by atoms with Crippen molar-refractivity contribution < 1.29 is 14.3 Å². The molecule has 6 nitrogen and oxygen atoms in total. The molecular weight excluding hydrogens is 234 g/mol. The molecule has 2 atom stereocenters. The first kappa shape index (κ1) is 14.8. The maximum Gasteiger partial charge on any atom is 0.306 e. The summed E-state index contributed by atoms with van der Waals surface area (Å²) in [5.74, 6) is 0.0340. The largest absolute Gasteiger partial charge is 0.460 e. The fraction of sp³-hybridized carbons (Fsp3) is 0.917. The molecule has 1 aliphatic heterocycles. The summed E-state index contributed by atoms with van der Waals surface area (Å²) in [5, 5.41) is 3.49. The predicted octanol–water partition coefficient (Wildman–Crippen LogP) is 2.82. The number of hydrogen-bond acceptors (Lipinski definition) is 4. The molecule has 0 aliphatic carbocycles. The summed E-state index contributed by atoms with van der Waals surface area (Å²) < 4.78 is 10.8. The van der Waals surface area contributed by atoms with Crippen molar-refractivity contribution in [2.75, 3.05) is 13.2 Å². The standard InChI is InChI=1S/C12H21N3O3/c1-12(2,3)18-11(16)6-9-4-5-10(17-8-9)7-14-15-13/h9-10H,4-8H2,1-3H3/t9-,10-/m0/s1. The molecule has 0 radical (unpaired) electrons. The van der Waals surface area contributed by atoms with Crippen molar-refractivity contribution in [3.63, 3.8) is 0 Å². The number of rotatable bonds is 4. The van der Waals surface area contributed by atoms with Crippen LogP contribution in [0.15, 0.2) is 5.11 Å². The number of hydrogen-bond donors (Lipinski definition) is 0. The van der Waals surface area contributed by atoms with Crippen LogP contribution in [0.25, 0.3) is 10.4 Å². The molecule has 0 unspecified atom stereocenters. The van der Waals surface area contributed by atoms with Crippen molar-refractivity contribution in [2.24, 2.45) is 11.0 Å². The molecule has 0 aromatic carbocycles. The number of nitrogens with zero attached hydrogens (tertiary/aromatic N) is 3. The number of carbonyl (C=O) groups excluding carboxylic acids is 1. The fourth-order valence-corrected chi connectivity index (χ4v) is 1.91. The van der Waals surface area contributed by atoms with Crippen LogP contribution in [0, 0.1) is 5.92 Å². The Hall–Kier alpha value is -1.26. The van der Waals surface area contributed by atoms with Crippen molar-refractivity contribution in [2.45, 2.75) is 51.7 Å². The molecule has 6 heteroatoms. The lowest BCUT2D eigenvalue weighted by molar-refractivity contribution is -0.157. The van der Waals surface area contributed by atoms with Gasteiger partial charge in [-0.3, -0.25) is 4.79 Å². The number of ether oxygens (including phenoxy) is 2. The molecule has 102 valence electrons. The summed E-state index contributed by atoms with van der Waals surface area (Å²) in [7, 11) is 0. The Bertz CT molecular complexity index is 324. The van der Waals surface area contributed by atoms with Gasteiger partial charge in [0.15, 0.2) is 0 Å². The van der Waals surface area contributed by atoms with Gasteiger partial charge >= 0.3 is 5.97 Å². The molecule has 1 fully saturated rings. The van der Waals surface area contributed by atoms with Gasteiger partial charge in [-0.05, 0) is 45.1 Å². The van der Waals surface area contributed by atoms with Crippen LogP contribution in [0.3, 0.4) is 0 Å². The summed E-state index contributed by atoms with van der Waals surface area (Å²) in [6, 6.07) is 0. The van der Waals surface area contributed by atoms with Crippen molar-refractivity contribution in [3.05, 3.63) is 10.4 Å². The quantitative estimate of drug-likeness (QED) is 0.335. The lowest BCUT2D eigenvalue weighted by Crippen LogP contribution is -2.31. The Balaban J connectivity index is 2.27. The van der Waals surface area contributed by atoms with E-state index < -0.39 is 5.60 Å². The minimum absolute atomic E-state index is 0.00390. The van der Waals surface area contributed by atoms with E-state index in [2.05, 4.69) is 10.0 Å². The molecular formula is C12H21N3O3. The molecule has 1 heterocycles. The Morgan fingerprint density at radius 2 is 2.22 bits per heavy atom. The van der Waals surface area contributed by atoms with E-state index in [4.69, 9.17) is 15.0 Å². The first-order chi connectivity index (χ1) is 8.40. The third kappa shape index (κ3) is 5.89. The molecule has 18 heavy (non-hydrogen) atoms. The normalized spacial score (nSPS) is 24.2. The topological polar surface area (TPSA) is 84.3 Å². The Morgan fingerprint density at radius 1 is 1.50 bits per heavy atom. The van der Waals surface area contributed by atoms with E-state index in [-0.39, 0.29) is 18.0 Å². The second-order valence-corrected chi connectivity index (χ2v) is 5.60. The molecule has 0 spiro atoms. The lowest BCUT2D eigenvalue weighted by atomic mass is 9.95. The summed E-state index contributed by atoms with van der Waals surface area (Å²) >= 11 is 0. The highest BCUT2D eigenvalue weighted by molar-refractivity contribution is 5.70. The van der Waals surface area contributed by atoms with Gasteiger partial charge in [0.05, 0.1) is 25.7 Å². The van der Waals surface area contributed by atoms with E-state index in [0.717, 1.165) is 12.8 Å². The molecule has 0 N–H and O–H groups in total. The summed E-state index contributed by atoms with van der Waals surface area (Å²) in [6.45, 7) is 6.48. The van der Waals surface area contributed by atoms with Crippen LogP contribution in [-0.4, -0.2) is 30.8 Å². The molecule has 0 bridgehead atoms. The molecule has 0 amide bonds. The molecule has 0 aromatic heterocycles. The van der Waals surface area contributed by atoms with Crippen LogP contribution in [0.2, 0.25) is 0 Å². The van der Waals surface area contributed by atoms with Crippen molar-refractivity contribution >= 4 is 5.97 Å². The van der Waals surface area contributed by atoms with Crippen LogP contribution >= 0.6 is 0 Å². The van der Waals surface area contributed by atoms with Gasteiger partial charge in [-0.15, -0.1) is 0 Å². The SMILES string of the molecule is CC(C)(C)OC(=O)C[C@@H]1CC[C@@H](CN=[N+]=[N-])OC1. The Morgan fingerprint density at radius 3 is 2.72 bits per heavy atom. The zero-order chi connectivity index (χ0) is 13.6. The number of esters is 1. The van der Waals surface area contributed by atoms with Crippen molar-refractivity contribution in [1.29, 1.82) is 0 Å². The van der Waals surface area contributed by atoms with Gasteiger partial charge in [0.2, 0.25) is 0 Å². The van der Waals surface area contributed by atoms with Gasteiger partial charge in [0, 0.05) is 4.91 Å². The van der Waals surface area contributed by atoms with Gasteiger partial charge in [-0.1, -0.05) is 5.11 Å². The zero-order valence-corrected chi connectivity index (χ0v) is 11.3. The Kier molecular flexibility index (Phi) is 5.44. The maximum atomic E-state index is 11.6. The zero-order valence-electron chi connectivity index (χ0n) is 11.3. The van der Waals surface area contributed by atoms with E-state index in [1.54, 1.807) is 0 Å². The third-order valence-corrected chi connectivity index (χ3v) is 2.69. The first-order valence-corrected chi connectivity index (χ1v) is 6.25. The maximum absolute atomic E-state index is 11.6. The number of azide groups is 1. The highest BCUT2D eigenvalue weighted by Gasteiger charge is 2.25. The minimum Gasteiger partial charge on any atom is -0.460 e. The highest BCUT2D eigenvalue weighted by Crippen LogP contribution is 2.23.